The van der Waals surface area contributed by atoms with Crippen LogP contribution in [0.3, 0.4) is 0 Å². The highest BCUT2D eigenvalue weighted by atomic mass is 16.2. The Morgan fingerprint density at radius 1 is 1.38 bits per heavy atom. The van der Waals surface area contributed by atoms with Crippen LogP contribution in [0.2, 0.25) is 0 Å². The van der Waals surface area contributed by atoms with Gasteiger partial charge in [-0.2, -0.15) is 0 Å². The Bertz CT molecular complexity index is 248. The summed E-state index contributed by atoms with van der Waals surface area (Å²) in [5.41, 5.74) is 5.49. The third kappa shape index (κ3) is 2.76. The van der Waals surface area contributed by atoms with Crippen LogP contribution >= 0.6 is 0 Å². The summed E-state index contributed by atoms with van der Waals surface area (Å²) >= 11 is 0. The maximum Gasteiger partial charge on any atom is 0.224 e. The Balaban J connectivity index is 1.72. The third-order valence-electron chi connectivity index (χ3n) is 4.22. The number of hydrogen-bond acceptors (Lipinski definition) is 2. The fourth-order valence-corrected chi connectivity index (χ4v) is 2.90. The molecule has 3 unspecified atom stereocenters. The fourth-order valence-electron chi connectivity index (χ4n) is 2.90. The van der Waals surface area contributed by atoms with E-state index in [4.69, 9.17) is 5.73 Å². The molecule has 0 saturated heterocycles. The lowest BCUT2D eigenvalue weighted by Crippen LogP contribution is -2.35. The highest BCUT2D eigenvalue weighted by Crippen LogP contribution is 2.44. The van der Waals surface area contributed by atoms with Gasteiger partial charge in [0.2, 0.25) is 5.91 Å². The zero-order chi connectivity index (χ0) is 11.5. The smallest absolute Gasteiger partial charge is 0.224 e. The van der Waals surface area contributed by atoms with Gasteiger partial charge in [0.05, 0.1) is 0 Å². The van der Waals surface area contributed by atoms with Crippen molar-refractivity contribution in [2.45, 2.75) is 51.5 Å². The number of nitrogens with two attached hydrogens (primary N) is 1. The lowest BCUT2D eigenvalue weighted by Gasteiger charge is -2.21. The van der Waals surface area contributed by atoms with Gasteiger partial charge in [-0.1, -0.05) is 39.0 Å². The van der Waals surface area contributed by atoms with Gasteiger partial charge in [0.25, 0.3) is 0 Å². The van der Waals surface area contributed by atoms with E-state index in [-0.39, 0.29) is 11.8 Å². The minimum atomic E-state index is -0.0346. The largest absolute Gasteiger partial charge is 0.353 e. The minimum absolute atomic E-state index is 0.0346. The Labute approximate surface area is 98.2 Å². The van der Waals surface area contributed by atoms with Crippen LogP contribution in [-0.4, -0.2) is 18.5 Å². The summed E-state index contributed by atoms with van der Waals surface area (Å²) in [5.74, 6) is 1.76. The Morgan fingerprint density at radius 3 is 2.69 bits per heavy atom. The molecule has 16 heavy (non-hydrogen) atoms. The molecule has 0 radical (unpaired) electrons. The Hall–Kier alpha value is -0.570. The highest BCUT2D eigenvalue weighted by Gasteiger charge is 2.43. The molecule has 0 aliphatic heterocycles. The molecule has 3 nitrogen and oxygen atoms in total. The maximum atomic E-state index is 11.7. The van der Waals surface area contributed by atoms with Crippen LogP contribution < -0.4 is 11.1 Å². The fraction of sp³-hybridized carbons (Fsp3) is 0.923. The van der Waals surface area contributed by atoms with E-state index in [9.17, 15) is 4.79 Å². The van der Waals surface area contributed by atoms with E-state index in [1.165, 1.54) is 38.5 Å². The van der Waals surface area contributed by atoms with Crippen molar-refractivity contribution in [3.8, 4) is 0 Å². The Morgan fingerprint density at radius 2 is 2.06 bits per heavy atom. The van der Waals surface area contributed by atoms with Crippen molar-refractivity contribution < 1.29 is 4.79 Å². The van der Waals surface area contributed by atoms with Crippen LogP contribution in [0.5, 0.6) is 0 Å². The zero-order valence-corrected chi connectivity index (χ0v) is 10.2. The van der Waals surface area contributed by atoms with Crippen LogP contribution in [-0.2, 0) is 4.79 Å². The van der Waals surface area contributed by atoms with Crippen molar-refractivity contribution in [3.63, 3.8) is 0 Å². The van der Waals surface area contributed by atoms with Crippen LogP contribution in [0.1, 0.15) is 45.4 Å². The number of carbonyl (C=O) groups excluding carboxylic acids is 1. The van der Waals surface area contributed by atoms with E-state index in [2.05, 4.69) is 5.32 Å². The van der Waals surface area contributed by atoms with E-state index in [0.717, 1.165) is 11.8 Å². The summed E-state index contributed by atoms with van der Waals surface area (Å²) < 4.78 is 0. The molecule has 2 aliphatic rings. The van der Waals surface area contributed by atoms with Gasteiger partial charge in [0, 0.05) is 18.5 Å². The molecule has 3 atom stereocenters. The molecule has 2 aliphatic carbocycles. The van der Waals surface area contributed by atoms with Gasteiger partial charge in [0.1, 0.15) is 0 Å². The first-order valence-electron chi connectivity index (χ1n) is 6.72. The molecule has 2 rings (SSSR count). The highest BCUT2D eigenvalue weighted by molar-refractivity contribution is 5.79. The average molecular weight is 224 g/mol. The number of carbonyl (C=O) groups is 1. The molecule has 0 bridgehead atoms. The second kappa shape index (κ2) is 5.17. The first-order valence-corrected chi connectivity index (χ1v) is 6.72. The zero-order valence-electron chi connectivity index (χ0n) is 10.2. The number of nitrogens with one attached hydrogen (secondary N) is 1. The normalized spacial score (nSPS) is 32.1. The predicted molar refractivity (Wildman–Crippen MR) is 64.8 cm³/mol. The molecular formula is C13H24N2O. The summed E-state index contributed by atoms with van der Waals surface area (Å²) in [4.78, 5) is 11.7. The molecule has 0 aromatic rings. The van der Waals surface area contributed by atoms with Gasteiger partial charge >= 0.3 is 0 Å². The molecular weight excluding hydrogens is 200 g/mol. The van der Waals surface area contributed by atoms with Crippen molar-refractivity contribution in [1.82, 2.24) is 5.32 Å². The van der Waals surface area contributed by atoms with Crippen molar-refractivity contribution in [1.29, 1.82) is 0 Å². The predicted octanol–water partition coefficient (Wildman–Crippen LogP) is 1.67. The number of amides is 1. The quantitative estimate of drug-likeness (QED) is 0.763. The lowest BCUT2D eigenvalue weighted by molar-refractivity contribution is -0.124. The first-order chi connectivity index (χ1) is 7.72. The van der Waals surface area contributed by atoms with Gasteiger partial charge < -0.3 is 11.1 Å². The van der Waals surface area contributed by atoms with Crippen molar-refractivity contribution in [2.24, 2.45) is 23.5 Å². The third-order valence-corrected chi connectivity index (χ3v) is 4.22. The monoisotopic (exact) mass is 224 g/mol. The molecule has 3 heteroatoms. The molecule has 0 spiro atoms. The van der Waals surface area contributed by atoms with Crippen molar-refractivity contribution in [3.05, 3.63) is 0 Å². The van der Waals surface area contributed by atoms with E-state index in [0.29, 0.717) is 12.6 Å². The Kier molecular flexibility index (Phi) is 3.85. The first kappa shape index (κ1) is 11.9. The van der Waals surface area contributed by atoms with Crippen molar-refractivity contribution >= 4 is 5.91 Å². The summed E-state index contributed by atoms with van der Waals surface area (Å²) in [6, 6.07) is 0.463. The molecule has 2 saturated carbocycles. The van der Waals surface area contributed by atoms with Gasteiger partial charge in [-0.25, -0.2) is 0 Å². The van der Waals surface area contributed by atoms with E-state index in [1.807, 2.05) is 6.92 Å². The summed E-state index contributed by atoms with van der Waals surface area (Å²) in [5, 5.41) is 3.13. The van der Waals surface area contributed by atoms with Crippen LogP contribution in [0, 0.1) is 17.8 Å². The van der Waals surface area contributed by atoms with Crippen LogP contribution in [0.4, 0.5) is 0 Å². The maximum absolute atomic E-state index is 11.7. The molecule has 92 valence electrons. The molecule has 2 fully saturated rings. The number of rotatable bonds is 4. The van der Waals surface area contributed by atoms with Gasteiger partial charge in [-0.15, -0.1) is 0 Å². The SMILES string of the molecule is CC(CN)C(=O)NC1CC1C1CCCCC1. The van der Waals surface area contributed by atoms with Crippen molar-refractivity contribution in [2.75, 3.05) is 6.54 Å². The number of hydrogen-bond donors (Lipinski definition) is 2. The molecule has 1 amide bonds. The lowest BCUT2D eigenvalue weighted by atomic mass is 9.85. The minimum Gasteiger partial charge on any atom is -0.353 e. The van der Waals surface area contributed by atoms with E-state index >= 15 is 0 Å². The topological polar surface area (TPSA) is 55.1 Å². The van der Waals surface area contributed by atoms with E-state index in [1.54, 1.807) is 0 Å². The van der Waals surface area contributed by atoms with Crippen LogP contribution in [0.15, 0.2) is 0 Å². The van der Waals surface area contributed by atoms with Crippen LogP contribution in [0.25, 0.3) is 0 Å². The average Bonchev–Trinajstić information content (AvgIpc) is 3.08. The molecule has 0 aromatic carbocycles. The van der Waals surface area contributed by atoms with E-state index < -0.39 is 0 Å². The standard InChI is InChI=1S/C13H24N2O/c1-9(8-14)13(16)15-12-7-11(12)10-5-3-2-4-6-10/h9-12H,2-8,14H2,1H3,(H,15,16). The summed E-state index contributed by atoms with van der Waals surface area (Å²) in [6.45, 7) is 2.35. The van der Waals surface area contributed by atoms with Gasteiger partial charge in [-0.3, -0.25) is 4.79 Å². The summed E-state index contributed by atoms with van der Waals surface area (Å²) in [7, 11) is 0. The molecule has 0 heterocycles. The van der Waals surface area contributed by atoms with Gasteiger partial charge in [-0.05, 0) is 18.3 Å². The van der Waals surface area contributed by atoms with Gasteiger partial charge in [0.15, 0.2) is 0 Å². The molecule has 0 aromatic heterocycles. The summed E-state index contributed by atoms with van der Waals surface area (Å²) in [6.07, 6.45) is 8.15. The second-order valence-electron chi connectivity index (χ2n) is 5.55. The molecule has 3 N–H and O–H groups in total. The second-order valence-corrected chi connectivity index (χ2v) is 5.55.